The first-order chi connectivity index (χ1) is 7.33. The average Bonchev–Trinajstić information content (AvgIpc) is 2.29. The SMILES string of the molecule is O=CCC=Cc1c(C=O)cccc1C=O. The third-order valence-corrected chi connectivity index (χ3v) is 1.94. The molecule has 0 aromatic heterocycles. The van der Waals surface area contributed by atoms with Crippen LogP contribution in [0.1, 0.15) is 32.7 Å². The molecule has 3 heteroatoms. The number of carbonyl (C=O) groups excluding carboxylic acids is 3. The Morgan fingerprint density at radius 1 is 1.00 bits per heavy atom. The van der Waals surface area contributed by atoms with Crippen LogP contribution in [-0.4, -0.2) is 18.9 Å². The summed E-state index contributed by atoms with van der Waals surface area (Å²) in [6, 6.07) is 4.89. The van der Waals surface area contributed by atoms with E-state index in [4.69, 9.17) is 0 Å². The van der Waals surface area contributed by atoms with Crippen LogP contribution >= 0.6 is 0 Å². The molecule has 76 valence electrons. The van der Waals surface area contributed by atoms with Gasteiger partial charge in [0.25, 0.3) is 0 Å². The summed E-state index contributed by atoms with van der Waals surface area (Å²) in [5.74, 6) is 0. The molecule has 0 spiro atoms. The normalized spacial score (nSPS) is 10.1. The molecule has 0 fully saturated rings. The quantitative estimate of drug-likeness (QED) is 0.685. The van der Waals surface area contributed by atoms with Crippen LogP contribution in [0.2, 0.25) is 0 Å². The van der Waals surface area contributed by atoms with Gasteiger partial charge in [0.15, 0.2) is 12.6 Å². The Bertz CT molecular complexity index is 379. The van der Waals surface area contributed by atoms with E-state index in [1.807, 2.05) is 0 Å². The van der Waals surface area contributed by atoms with Crippen molar-refractivity contribution in [3.63, 3.8) is 0 Å². The van der Waals surface area contributed by atoms with E-state index in [0.29, 0.717) is 29.3 Å². The first kappa shape index (κ1) is 11.0. The minimum Gasteiger partial charge on any atom is -0.303 e. The molecule has 3 nitrogen and oxygen atoms in total. The second kappa shape index (κ2) is 5.65. The molecule has 0 aliphatic heterocycles. The summed E-state index contributed by atoms with van der Waals surface area (Å²) in [6.07, 6.45) is 5.62. The molecule has 0 aliphatic carbocycles. The van der Waals surface area contributed by atoms with Crippen molar-refractivity contribution in [3.05, 3.63) is 41.0 Å². The van der Waals surface area contributed by atoms with Gasteiger partial charge in [-0.25, -0.2) is 0 Å². The van der Waals surface area contributed by atoms with Gasteiger partial charge < -0.3 is 4.79 Å². The highest BCUT2D eigenvalue weighted by Gasteiger charge is 2.03. The van der Waals surface area contributed by atoms with E-state index in [2.05, 4.69) is 0 Å². The number of benzene rings is 1. The van der Waals surface area contributed by atoms with Gasteiger partial charge in [0.2, 0.25) is 0 Å². The Kier molecular flexibility index (Phi) is 4.16. The lowest BCUT2D eigenvalue weighted by atomic mass is 10.0. The zero-order chi connectivity index (χ0) is 11.1. The van der Waals surface area contributed by atoms with E-state index in [-0.39, 0.29) is 6.42 Å². The van der Waals surface area contributed by atoms with Gasteiger partial charge in [0.05, 0.1) is 0 Å². The topological polar surface area (TPSA) is 51.2 Å². The first-order valence-electron chi connectivity index (χ1n) is 4.47. The molecule has 0 saturated heterocycles. The molecule has 0 atom stereocenters. The van der Waals surface area contributed by atoms with Crippen LogP contribution < -0.4 is 0 Å². The third kappa shape index (κ3) is 2.71. The fourth-order valence-corrected chi connectivity index (χ4v) is 1.24. The Labute approximate surface area is 87.4 Å². The molecule has 0 radical (unpaired) electrons. The predicted molar refractivity (Wildman–Crippen MR) is 56.9 cm³/mol. The molecule has 0 unspecified atom stereocenters. The van der Waals surface area contributed by atoms with Crippen LogP contribution in [0.4, 0.5) is 0 Å². The van der Waals surface area contributed by atoms with E-state index >= 15 is 0 Å². The molecule has 1 aromatic rings. The molecule has 0 heterocycles. The van der Waals surface area contributed by atoms with Gasteiger partial charge in [-0.05, 0) is 5.56 Å². The van der Waals surface area contributed by atoms with Crippen LogP contribution in [0.3, 0.4) is 0 Å². The highest BCUT2D eigenvalue weighted by molar-refractivity contribution is 5.90. The van der Waals surface area contributed by atoms with Crippen molar-refractivity contribution in [2.75, 3.05) is 0 Å². The van der Waals surface area contributed by atoms with Gasteiger partial charge in [-0.1, -0.05) is 30.4 Å². The summed E-state index contributed by atoms with van der Waals surface area (Å²) < 4.78 is 0. The van der Waals surface area contributed by atoms with Crippen molar-refractivity contribution >= 4 is 24.9 Å². The van der Waals surface area contributed by atoms with Gasteiger partial charge in [-0.2, -0.15) is 0 Å². The smallest absolute Gasteiger partial charge is 0.150 e. The molecule has 0 bridgehead atoms. The fraction of sp³-hybridized carbons (Fsp3) is 0.0833. The Balaban J connectivity index is 3.15. The Morgan fingerprint density at radius 3 is 2.07 bits per heavy atom. The molecule has 1 rings (SSSR count). The van der Waals surface area contributed by atoms with Gasteiger partial charge in [-0.15, -0.1) is 0 Å². The van der Waals surface area contributed by atoms with E-state index in [9.17, 15) is 14.4 Å². The van der Waals surface area contributed by atoms with Crippen molar-refractivity contribution in [3.8, 4) is 0 Å². The number of allylic oxidation sites excluding steroid dienone is 1. The van der Waals surface area contributed by atoms with Gasteiger partial charge in [0.1, 0.15) is 6.29 Å². The molecular formula is C12H10O3. The van der Waals surface area contributed by atoms with E-state index < -0.39 is 0 Å². The summed E-state index contributed by atoms with van der Waals surface area (Å²) >= 11 is 0. The maximum absolute atomic E-state index is 10.7. The lowest BCUT2D eigenvalue weighted by Crippen LogP contribution is -1.92. The minimum atomic E-state index is 0.269. The highest BCUT2D eigenvalue weighted by atomic mass is 16.1. The molecule has 0 saturated carbocycles. The number of rotatable bonds is 5. The maximum Gasteiger partial charge on any atom is 0.150 e. The molecule has 0 aliphatic rings. The van der Waals surface area contributed by atoms with Crippen LogP contribution in [0.5, 0.6) is 0 Å². The molecular weight excluding hydrogens is 192 g/mol. The zero-order valence-electron chi connectivity index (χ0n) is 8.05. The summed E-state index contributed by atoms with van der Waals surface area (Å²) in [4.78, 5) is 31.5. The first-order valence-corrected chi connectivity index (χ1v) is 4.47. The van der Waals surface area contributed by atoms with Crippen LogP contribution in [0.15, 0.2) is 24.3 Å². The molecule has 0 amide bonds. The van der Waals surface area contributed by atoms with Crippen LogP contribution in [0.25, 0.3) is 6.08 Å². The van der Waals surface area contributed by atoms with Gasteiger partial charge >= 0.3 is 0 Å². The second-order valence-corrected chi connectivity index (χ2v) is 2.89. The Hall–Kier alpha value is -2.03. The van der Waals surface area contributed by atoms with Crippen LogP contribution in [0, 0.1) is 0 Å². The number of carbonyl (C=O) groups is 3. The third-order valence-electron chi connectivity index (χ3n) is 1.94. The highest BCUT2D eigenvalue weighted by Crippen LogP contribution is 2.13. The summed E-state index contributed by atoms with van der Waals surface area (Å²) in [5, 5.41) is 0. The summed E-state index contributed by atoms with van der Waals surface area (Å²) in [7, 11) is 0. The molecule has 0 N–H and O–H groups in total. The summed E-state index contributed by atoms with van der Waals surface area (Å²) in [5.41, 5.74) is 1.45. The maximum atomic E-state index is 10.7. The van der Waals surface area contributed by atoms with Crippen molar-refractivity contribution in [1.29, 1.82) is 0 Å². The van der Waals surface area contributed by atoms with Crippen LogP contribution in [-0.2, 0) is 4.79 Å². The second-order valence-electron chi connectivity index (χ2n) is 2.89. The lowest BCUT2D eigenvalue weighted by molar-refractivity contribution is -0.107. The summed E-state index contributed by atoms with van der Waals surface area (Å²) in [6.45, 7) is 0. The Morgan fingerprint density at radius 2 is 1.60 bits per heavy atom. The predicted octanol–water partition coefficient (Wildman–Crippen LogP) is 1.91. The van der Waals surface area contributed by atoms with Crippen molar-refractivity contribution in [2.24, 2.45) is 0 Å². The minimum absolute atomic E-state index is 0.269. The number of hydrogen-bond acceptors (Lipinski definition) is 3. The molecule has 1 aromatic carbocycles. The largest absolute Gasteiger partial charge is 0.303 e. The van der Waals surface area contributed by atoms with E-state index in [1.165, 1.54) is 0 Å². The molecule has 15 heavy (non-hydrogen) atoms. The standard InChI is InChI=1S/C12H10O3/c13-7-2-1-6-12-10(8-14)4-3-5-11(12)9-15/h1,3-9H,2H2. The van der Waals surface area contributed by atoms with Crippen molar-refractivity contribution < 1.29 is 14.4 Å². The monoisotopic (exact) mass is 202 g/mol. The van der Waals surface area contributed by atoms with Gasteiger partial charge in [-0.3, -0.25) is 9.59 Å². The fourth-order valence-electron chi connectivity index (χ4n) is 1.24. The van der Waals surface area contributed by atoms with Gasteiger partial charge in [0, 0.05) is 17.5 Å². The van der Waals surface area contributed by atoms with Crippen molar-refractivity contribution in [2.45, 2.75) is 6.42 Å². The lowest BCUT2D eigenvalue weighted by Gasteiger charge is -2.01. The van der Waals surface area contributed by atoms with Crippen molar-refractivity contribution in [1.82, 2.24) is 0 Å². The average molecular weight is 202 g/mol. The number of aldehydes is 3. The van der Waals surface area contributed by atoms with E-state index in [1.54, 1.807) is 30.4 Å². The zero-order valence-corrected chi connectivity index (χ0v) is 8.05. The number of hydrogen-bond donors (Lipinski definition) is 0. The van der Waals surface area contributed by atoms with E-state index in [0.717, 1.165) is 6.29 Å².